The fraction of sp³-hybridized carbons (Fsp3) is 0.684. The Morgan fingerprint density at radius 3 is 2.57 bits per heavy atom. The van der Waals surface area contributed by atoms with E-state index >= 15 is 0 Å². The average molecular weight is 304 g/mol. The van der Waals surface area contributed by atoms with Gasteiger partial charge in [-0.05, 0) is 49.7 Å². The molecule has 2 heteroatoms. The van der Waals surface area contributed by atoms with Crippen molar-refractivity contribution in [3.63, 3.8) is 0 Å². The highest BCUT2D eigenvalue weighted by Crippen LogP contribution is 2.39. The molecule has 0 aliphatic heterocycles. The lowest BCUT2D eigenvalue weighted by Crippen LogP contribution is -2.33. The van der Waals surface area contributed by atoms with Crippen LogP contribution in [0.3, 0.4) is 0 Å². The third-order valence-corrected chi connectivity index (χ3v) is 6.70. The molecule has 3 unspecified atom stereocenters. The molecule has 1 aromatic rings. The van der Waals surface area contributed by atoms with Crippen molar-refractivity contribution in [2.24, 2.45) is 11.8 Å². The highest BCUT2D eigenvalue weighted by molar-refractivity contribution is 8.00. The van der Waals surface area contributed by atoms with Crippen LogP contribution in [0, 0.1) is 11.8 Å². The molecule has 2 fully saturated rings. The minimum absolute atomic E-state index is 0.652. The van der Waals surface area contributed by atoms with E-state index in [1.165, 1.54) is 55.5 Å². The molecule has 0 heterocycles. The van der Waals surface area contributed by atoms with Crippen LogP contribution in [0.1, 0.15) is 58.8 Å². The maximum atomic E-state index is 3.88. The molecule has 1 N–H and O–H groups in total. The highest BCUT2D eigenvalue weighted by Gasteiger charge is 2.26. The molecular formula is C19H29NS. The second-order valence-electron chi connectivity index (χ2n) is 7.17. The Bertz CT molecular complexity index is 453. The molecule has 2 aliphatic carbocycles. The summed E-state index contributed by atoms with van der Waals surface area (Å²) in [6.07, 6.45) is 9.73. The van der Waals surface area contributed by atoms with Crippen LogP contribution in [0.5, 0.6) is 0 Å². The summed E-state index contributed by atoms with van der Waals surface area (Å²) < 4.78 is 0. The smallest absolute Gasteiger partial charge is 0.0480 e. The van der Waals surface area contributed by atoms with Gasteiger partial charge in [0.05, 0.1) is 0 Å². The van der Waals surface area contributed by atoms with Gasteiger partial charge in [0.25, 0.3) is 0 Å². The van der Waals surface area contributed by atoms with Crippen LogP contribution in [-0.4, -0.2) is 11.3 Å². The van der Waals surface area contributed by atoms with E-state index in [1.807, 2.05) is 0 Å². The van der Waals surface area contributed by atoms with E-state index in [-0.39, 0.29) is 0 Å². The molecule has 1 nitrogen and oxygen atoms in total. The van der Waals surface area contributed by atoms with E-state index in [4.69, 9.17) is 0 Å². The molecule has 2 aliphatic rings. The second kappa shape index (κ2) is 7.09. The van der Waals surface area contributed by atoms with Crippen molar-refractivity contribution in [3.05, 3.63) is 24.3 Å². The van der Waals surface area contributed by atoms with Crippen molar-refractivity contribution >= 4 is 17.4 Å². The number of para-hydroxylation sites is 1. The molecule has 3 rings (SSSR count). The molecule has 2 saturated carbocycles. The first-order chi connectivity index (χ1) is 10.2. The van der Waals surface area contributed by atoms with Gasteiger partial charge in [-0.15, -0.1) is 11.8 Å². The van der Waals surface area contributed by atoms with Gasteiger partial charge < -0.3 is 5.32 Å². The lowest BCUT2D eigenvalue weighted by molar-refractivity contribution is 0.280. The number of thioether (sulfide) groups is 1. The average Bonchev–Trinajstić information content (AvgIpc) is 2.98. The van der Waals surface area contributed by atoms with Gasteiger partial charge in [0, 0.05) is 21.9 Å². The summed E-state index contributed by atoms with van der Waals surface area (Å²) in [7, 11) is 0. The Labute approximate surface area is 134 Å². The first-order valence-corrected chi connectivity index (χ1v) is 9.62. The van der Waals surface area contributed by atoms with E-state index < -0.39 is 0 Å². The third kappa shape index (κ3) is 3.97. The van der Waals surface area contributed by atoms with Gasteiger partial charge in [-0.1, -0.05) is 45.2 Å². The zero-order valence-corrected chi connectivity index (χ0v) is 14.3. The fourth-order valence-electron chi connectivity index (χ4n) is 3.81. The number of anilines is 1. The van der Waals surface area contributed by atoms with E-state index in [2.05, 4.69) is 55.2 Å². The molecule has 21 heavy (non-hydrogen) atoms. The van der Waals surface area contributed by atoms with Gasteiger partial charge in [-0.25, -0.2) is 0 Å². The lowest BCUT2D eigenvalue weighted by atomic mass is 9.80. The van der Waals surface area contributed by atoms with E-state index in [9.17, 15) is 0 Å². The van der Waals surface area contributed by atoms with Crippen LogP contribution in [0.2, 0.25) is 0 Å². The Morgan fingerprint density at radius 1 is 1.00 bits per heavy atom. The summed E-state index contributed by atoms with van der Waals surface area (Å²) in [6, 6.07) is 9.61. The van der Waals surface area contributed by atoms with E-state index in [1.54, 1.807) is 0 Å². The van der Waals surface area contributed by atoms with Gasteiger partial charge in [0.2, 0.25) is 0 Å². The summed E-state index contributed by atoms with van der Waals surface area (Å²) in [4.78, 5) is 1.47. The van der Waals surface area contributed by atoms with Crippen LogP contribution in [0.15, 0.2) is 29.2 Å². The number of benzene rings is 1. The lowest BCUT2D eigenvalue weighted by Gasteiger charge is -2.34. The molecule has 0 amide bonds. The van der Waals surface area contributed by atoms with E-state index in [0.29, 0.717) is 6.04 Å². The number of hydrogen-bond donors (Lipinski definition) is 1. The molecule has 0 spiro atoms. The van der Waals surface area contributed by atoms with Crippen molar-refractivity contribution in [3.8, 4) is 0 Å². The summed E-state index contributed by atoms with van der Waals surface area (Å²) >= 11 is 2.11. The molecule has 116 valence electrons. The van der Waals surface area contributed by atoms with Crippen molar-refractivity contribution in [2.75, 3.05) is 5.32 Å². The monoisotopic (exact) mass is 303 g/mol. The Morgan fingerprint density at radius 2 is 1.76 bits per heavy atom. The molecule has 0 bridgehead atoms. The number of nitrogens with one attached hydrogen (secondary N) is 1. The third-order valence-electron chi connectivity index (χ3n) is 5.28. The van der Waals surface area contributed by atoms with Crippen LogP contribution in [0.4, 0.5) is 5.69 Å². The van der Waals surface area contributed by atoms with Crippen LogP contribution < -0.4 is 5.32 Å². The van der Waals surface area contributed by atoms with Crippen molar-refractivity contribution in [2.45, 2.75) is 75.0 Å². The standard InChI is InChI=1S/C19H29NS/c1-14-11-12-15(2)18(13-14)20-17-9-5-6-10-19(17)21-16-7-3-4-8-16/h5-6,9-10,14-16,18,20H,3-4,7-8,11-13H2,1-2H3. The quantitative estimate of drug-likeness (QED) is 0.736. The summed E-state index contributed by atoms with van der Waals surface area (Å²) in [5.74, 6) is 1.67. The Hall–Kier alpha value is -0.630. The Kier molecular flexibility index (Phi) is 5.15. The minimum atomic E-state index is 0.652. The summed E-state index contributed by atoms with van der Waals surface area (Å²) in [5, 5.41) is 4.73. The fourth-order valence-corrected chi connectivity index (χ4v) is 5.15. The van der Waals surface area contributed by atoms with Gasteiger partial charge in [0.1, 0.15) is 0 Å². The van der Waals surface area contributed by atoms with Gasteiger partial charge in [-0.3, -0.25) is 0 Å². The van der Waals surface area contributed by atoms with Crippen LogP contribution >= 0.6 is 11.8 Å². The molecule has 0 saturated heterocycles. The largest absolute Gasteiger partial charge is 0.381 e. The minimum Gasteiger partial charge on any atom is -0.381 e. The van der Waals surface area contributed by atoms with Gasteiger partial charge in [-0.2, -0.15) is 0 Å². The number of hydrogen-bond acceptors (Lipinski definition) is 2. The maximum Gasteiger partial charge on any atom is 0.0480 e. The van der Waals surface area contributed by atoms with E-state index in [0.717, 1.165) is 17.1 Å². The molecule has 0 aromatic heterocycles. The zero-order valence-electron chi connectivity index (χ0n) is 13.5. The van der Waals surface area contributed by atoms with Gasteiger partial charge >= 0.3 is 0 Å². The van der Waals surface area contributed by atoms with Gasteiger partial charge in [0.15, 0.2) is 0 Å². The first-order valence-electron chi connectivity index (χ1n) is 8.74. The second-order valence-corrected chi connectivity index (χ2v) is 8.51. The topological polar surface area (TPSA) is 12.0 Å². The van der Waals surface area contributed by atoms with Crippen molar-refractivity contribution < 1.29 is 0 Å². The van der Waals surface area contributed by atoms with Crippen LogP contribution in [0.25, 0.3) is 0 Å². The predicted molar refractivity (Wildman–Crippen MR) is 94.1 cm³/mol. The maximum absolute atomic E-state index is 3.88. The summed E-state index contributed by atoms with van der Waals surface area (Å²) in [5.41, 5.74) is 1.38. The zero-order chi connectivity index (χ0) is 14.7. The Balaban J connectivity index is 1.69. The summed E-state index contributed by atoms with van der Waals surface area (Å²) in [6.45, 7) is 4.82. The first kappa shape index (κ1) is 15.3. The molecule has 0 radical (unpaired) electrons. The normalized spacial score (nSPS) is 30.5. The van der Waals surface area contributed by atoms with Crippen molar-refractivity contribution in [1.82, 2.24) is 0 Å². The van der Waals surface area contributed by atoms with Crippen LogP contribution in [-0.2, 0) is 0 Å². The number of rotatable bonds is 4. The highest BCUT2D eigenvalue weighted by atomic mass is 32.2. The predicted octanol–water partition coefficient (Wildman–Crippen LogP) is 5.96. The van der Waals surface area contributed by atoms with Crippen molar-refractivity contribution in [1.29, 1.82) is 0 Å². The molecular weight excluding hydrogens is 274 g/mol. The molecule has 1 aromatic carbocycles. The SMILES string of the molecule is CC1CCC(C)C(Nc2ccccc2SC2CCCC2)C1. The molecule has 3 atom stereocenters.